The van der Waals surface area contributed by atoms with Crippen molar-refractivity contribution in [3.63, 3.8) is 0 Å². The second-order valence-corrected chi connectivity index (χ2v) is 3.82. The van der Waals surface area contributed by atoms with E-state index in [1.807, 2.05) is 18.2 Å². The second-order valence-electron chi connectivity index (χ2n) is 3.82. The zero-order chi connectivity index (χ0) is 13.1. The molecule has 0 bridgehead atoms. The first kappa shape index (κ1) is 15.0. The maximum absolute atomic E-state index is 5.67. The first-order valence-corrected chi connectivity index (χ1v) is 6.44. The molecule has 0 amide bonds. The Hall–Kier alpha value is -1.10. The molecule has 4 heteroatoms. The number of rotatable bonds is 10. The number of para-hydroxylation sites is 1. The number of nitrogens with two attached hydrogens (primary N) is 1. The fraction of sp³-hybridized carbons (Fsp3) is 0.571. The molecule has 4 nitrogen and oxygen atoms in total. The third-order valence-corrected chi connectivity index (χ3v) is 2.47. The molecule has 0 saturated heterocycles. The number of ether oxygens (including phenoxy) is 3. The van der Waals surface area contributed by atoms with Crippen LogP contribution >= 0.6 is 0 Å². The number of benzene rings is 1. The van der Waals surface area contributed by atoms with Crippen LogP contribution in [0.3, 0.4) is 0 Å². The minimum absolute atomic E-state index is 0.552. The molecular weight excluding hydrogens is 230 g/mol. The third kappa shape index (κ3) is 6.00. The molecule has 0 unspecified atom stereocenters. The molecule has 0 atom stereocenters. The Bertz CT molecular complexity index is 318. The van der Waals surface area contributed by atoms with Gasteiger partial charge in [0.1, 0.15) is 12.4 Å². The van der Waals surface area contributed by atoms with Gasteiger partial charge in [0, 0.05) is 6.54 Å². The van der Waals surface area contributed by atoms with E-state index < -0.39 is 0 Å². The number of aryl methyl sites for hydroxylation is 1. The monoisotopic (exact) mass is 253 g/mol. The van der Waals surface area contributed by atoms with Gasteiger partial charge in [-0.2, -0.15) is 0 Å². The standard InChI is InChI=1S/C14H23NO3/c1-2-13-5-3-4-6-14(13)18-12-11-17-10-9-16-8-7-15/h3-6H,2,7-12,15H2,1H3. The first-order chi connectivity index (χ1) is 8.88. The van der Waals surface area contributed by atoms with E-state index in [9.17, 15) is 0 Å². The lowest BCUT2D eigenvalue weighted by molar-refractivity contribution is 0.0387. The van der Waals surface area contributed by atoms with E-state index >= 15 is 0 Å². The van der Waals surface area contributed by atoms with Crippen LogP contribution < -0.4 is 10.5 Å². The molecular formula is C14H23NO3. The van der Waals surface area contributed by atoms with E-state index in [0.717, 1.165) is 12.2 Å². The molecule has 102 valence electrons. The normalized spacial score (nSPS) is 10.6. The zero-order valence-electron chi connectivity index (χ0n) is 11.1. The second kappa shape index (κ2) is 9.88. The fourth-order valence-electron chi connectivity index (χ4n) is 1.55. The summed E-state index contributed by atoms with van der Waals surface area (Å²) < 4.78 is 16.2. The van der Waals surface area contributed by atoms with Crippen molar-refractivity contribution in [1.29, 1.82) is 0 Å². The highest BCUT2D eigenvalue weighted by Crippen LogP contribution is 2.17. The van der Waals surface area contributed by atoms with Gasteiger partial charge in [-0.3, -0.25) is 0 Å². The summed E-state index contributed by atoms with van der Waals surface area (Å²) in [6.07, 6.45) is 0.976. The summed E-state index contributed by atoms with van der Waals surface area (Å²) in [6, 6.07) is 8.08. The molecule has 0 radical (unpaired) electrons. The van der Waals surface area contributed by atoms with Gasteiger partial charge < -0.3 is 19.9 Å². The molecule has 1 rings (SSSR count). The molecule has 18 heavy (non-hydrogen) atoms. The molecule has 0 spiro atoms. The summed E-state index contributed by atoms with van der Waals surface area (Å²) >= 11 is 0. The van der Waals surface area contributed by atoms with E-state index in [0.29, 0.717) is 39.6 Å². The largest absolute Gasteiger partial charge is 0.491 e. The van der Waals surface area contributed by atoms with E-state index in [-0.39, 0.29) is 0 Å². The van der Waals surface area contributed by atoms with Gasteiger partial charge in [-0.15, -0.1) is 0 Å². The van der Waals surface area contributed by atoms with Crippen molar-refractivity contribution in [2.24, 2.45) is 5.73 Å². The maximum Gasteiger partial charge on any atom is 0.122 e. The van der Waals surface area contributed by atoms with Crippen molar-refractivity contribution < 1.29 is 14.2 Å². The van der Waals surface area contributed by atoms with Crippen LogP contribution in [0.4, 0.5) is 0 Å². The quantitative estimate of drug-likeness (QED) is 0.644. The Balaban J connectivity index is 2.07. The van der Waals surface area contributed by atoms with Gasteiger partial charge in [0.2, 0.25) is 0 Å². The van der Waals surface area contributed by atoms with Crippen LogP contribution in [0, 0.1) is 0 Å². The predicted octanol–water partition coefficient (Wildman–Crippen LogP) is 1.62. The van der Waals surface area contributed by atoms with Gasteiger partial charge in [0.05, 0.1) is 26.4 Å². The Morgan fingerprint density at radius 1 is 0.944 bits per heavy atom. The first-order valence-electron chi connectivity index (χ1n) is 6.44. The van der Waals surface area contributed by atoms with Gasteiger partial charge in [-0.25, -0.2) is 0 Å². The highest BCUT2D eigenvalue weighted by atomic mass is 16.5. The van der Waals surface area contributed by atoms with E-state index in [2.05, 4.69) is 13.0 Å². The SMILES string of the molecule is CCc1ccccc1OCCOCCOCCN. The average Bonchev–Trinajstić information content (AvgIpc) is 2.42. The summed E-state index contributed by atoms with van der Waals surface area (Å²) in [4.78, 5) is 0. The van der Waals surface area contributed by atoms with Gasteiger partial charge >= 0.3 is 0 Å². The van der Waals surface area contributed by atoms with Crippen molar-refractivity contribution in [2.75, 3.05) is 39.6 Å². The Labute approximate surface area is 109 Å². The van der Waals surface area contributed by atoms with Crippen LogP contribution in [-0.2, 0) is 15.9 Å². The molecule has 1 aromatic carbocycles. The molecule has 0 heterocycles. The van der Waals surface area contributed by atoms with Crippen LogP contribution in [-0.4, -0.2) is 39.6 Å². The number of hydrogen-bond donors (Lipinski definition) is 1. The number of hydrogen-bond acceptors (Lipinski definition) is 4. The topological polar surface area (TPSA) is 53.7 Å². The van der Waals surface area contributed by atoms with Gasteiger partial charge in [-0.1, -0.05) is 25.1 Å². The molecule has 0 fully saturated rings. The van der Waals surface area contributed by atoms with Crippen molar-refractivity contribution in [2.45, 2.75) is 13.3 Å². The summed E-state index contributed by atoms with van der Waals surface area (Å²) in [5, 5.41) is 0. The predicted molar refractivity (Wildman–Crippen MR) is 72.0 cm³/mol. The summed E-state index contributed by atoms with van der Waals surface area (Å²) in [6.45, 7) is 5.56. The minimum Gasteiger partial charge on any atom is -0.491 e. The molecule has 0 aliphatic rings. The van der Waals surface area contributed by atoms with Gasteiger partial charge in [-0.05, 0) is 18.1 Å². The highest BCUT2D eigenvalue weighted by Gasteiger charge is 1.99. The van der Waals surface area contributed by atoms with E-state index in [1.165, 1.54) is 5.56 Å². The molecule has 0 aliphatic heterocycles. The summed E-state index contributed by atoms with van der Waals surface area (Å²) in [5.74, 6) is 0.947. The Morgan fingerprint density at radius 2 is 1.61 bits per heavy atom. The lowest BCUT2D eigenvalue weighted by Gasteiger charge is -2.10. The third-order valence-electron chi connectivity index (χ3n) is 2.47. The van der Waals surface area contributed by atoms with E-state index in [1.54, 1.807) is 0 Å². The lowest BCUT2D eigenvalue weighted by Crippen LogP contribution is -2.14. The van der Waals surface area contributed by atoms with Crippen LogP contribution in [0.1, 0.15) is 12.5 Å². The maximum atomic E-state index is 5.67. The van der Waals surface area contributed by atoms with Crippen LogP contribution in [0.5, 0.6) is 5.75 Å². The summed E-state index contributed by atoms with van der Waals surface area (Å²) in [5.41, 5.74) is 6.52. The lowest BCUT2D eigenvalue weighted by atomic mass is 10.1. The van der Waals surface area contributed by atoms with E-state index in [4.69, 9.17) is 19.9 Å². The van der Waals surface area contributed by atoms with Gasteiger partial charge in [0.25, 0.3) is 0 Å². The molecule has 2 N–H and O–H groups in total. The summed E-state index contributed by atoms with van der Waals surface area (Å²) in [7, 11) is 0. The van der Waals surface area contributed by atoms with Crippen molar-refractivity contribution in [1.82, 2.24) is 0 Å². The average molecular weight is 253 g/mol. The minimum atomic E-state index is 0.552. The van der Waals surface area contributed by atoms with Gasteiger partial charge in [0.15, 0.2) is 0 Å². The Morgan fingerprint density at radius 3 is 2.33 bits per heavy atom. The fourth-order valence-corrected chi connectivity index (χ4v) is 1.55. The van der Waals surface area contributed by atoms with Crippen LogP contribution in [0.15, 0.2) is 24.3 Å². The van der Waals surface area contributed by atoms with Crippen LogP contribution in [0.2, 0.25) is 0 Å². The smallest absolute Gasteiger partial charge is 0.122 e. The van der Waals surface area contributed by atoms with Crippen molar-refractivity contribution in [3.8, 4) is 5.75 Å². The highest BCUT2D eigenvalue weighted by molar-refractivity contribution is 5.33. The molecule has 1 aromatic rings. The molecule has 0 saturated carbocycles. The molecule has 0 aliphatic carbocycles. The van der Waals surface area contributed by atoms with Crippen molar-refractivity contribution in [3.05, 3.63) is 29.8 Å². The zero-order valence-corrected chi connectivity index (χ0v) is 11.1. The van der Waals surface area contributed by atoms with Crippen molar-refractivity contribution >= 4 is 0 Å². The van der Waals surface area contributed by atoms with Crippen LogP contribution in [0.25, 0.3) is 0 Å². The Kier molecular flexibility index (Phi) is 8.21. The molecule has 0 aromatic heterocycles.